The molecular formula is C13H11F3N2O. The first-order chi connectivity index (χ1) is 8.79. The van der Waals surface area contributed by atoms with Crippen LogP contribution in [0, 0.1) is 13.8 Å². The number of nitrogens with zero attached hydrogens (tertiary/aromatic N) is 2. The molecule has 6 heteroatoms. The van der Waals surface area contributed by atoms with Crippen LogP contribution in [0.25, 0.3) is 5.69 Å². The molecule has 3 nitrogen and oxygen atoms in total. The molecule has 0 aliphatic carbocycles. The molecule has 0 fully saturated rings. The van der Waals surface area contributed by atoms with Crippen LogP contribution in [0.15, 0.2) is 30.5 Å². The summed E-state index contributed by atoms with van der Waals surface area (Å²) in [7, 11) is 0. The second kappa shape index (κ2) is 4.53. The van der Waals surface area contributed by atoms with Crippen molar-refractivity contribution in [1.82, 2.24) is 9.78 Å². The third-order valence-corrected chi connectivity index (χ3v) is 2.62. The Morgan fingerprint density at radius 1 is 1.21 bits per heavy atom. The normalized spacial score (nSPS) is 11.6. The van der Waals surface area contributed by atoms with Gasteiger partial charge in [0.2, 0.25) is 0 Å². The zero-order valence-electron chi connectivity index (χ0n) is 10.3. The monoisotopic (exact) mass is 268 g/mol. The SMILES string of the molecule is Cc1ccc(C(=O)C(F)(F)F)c(-n2ccc(C)n2)c1. The lowest BCUT2D eigenvalue weighted by Gasteiger charge is -2.11. The van der Waals surface area contributed by atoms with Crippen LogP contribution >= 0.6 is 0 Å². The van der Waals surface area contributed by atoms with Crippen LogP contribution in [0.4, 0.5) is 13.2 Å². The van der Waals surface area contributed by atoms with E-state index in [0.717, 1.165) is 5.56 Å². The Bertz CT molecular complexity index is 629. The van der Waals surface area contributed by atoms with Crippen LogP contribution in [0.1, 0.15) is 21.6 Å². The summed E-state index contributed by atoms with van der Waals surface area (Å²) in [5, 5.41) is 4.04. The molecule has 2 rings (SSSR count). The number of rotatable bonds is 2. The van der Waals surface area contributed by atoms with Crippen molar-refractivity contribution in [2.45, 2.75) is 20.0 Å². The molecule has 0 amide bonds. The van der Waals surface area contributed by atoms with E-state index in [1.165, 1.54) is 29.1 Å². The smallest absolute Gasteiger partial charge is 0.284 e. The molecule has 0 N–H and O–H groups in total. The Kier molecular flexibility index (Phi) is 3.18. The van der Waals surface area contributed by atoms with Crippen molar-refractivity contribution in [2.24, 2.45) is 0 Å². The lowest BCUT2D eigenvalue weighted by Crippen LogP contribution is -2.24. The predicted molar refractivity (Wildman–Crippen MR) is 63.4 cm³/mol. The first-order valence-corrected chi connectivity index (χ1v) is 5.54. The Morgan fingerprint density at radius 3 is 2.42 bits per heavy atom. The van der Waals surface area contributed by atoms with E-state index in [-0.39, 0.29) is 5.69 Å². The Balaban J connectivity index is 2.60. The molecule has 19 heavy (non-hydrogen) atoms. The summed E-state index contributed by atoms with van der Waals surface area (Å²) in [6.07, 6.45) is -3.37. The first kappa shape index (κ1) is 13.3. The molecule has 100 valence electrons. The van der Waals surface area contributed by atoms with Gasteiger partial charge in [-0.1, -0.05) is 6.07 Å². The van der Waals surface area contributed by atoms with Crippen molar-refractivity contribution in [3.05, 3.63) is 47.3 Å². The van der Waals surface area contributed by atoms with Gasteiger partial charge in [0, 0.05) is 6.20 Å². The van der Waals surface area contributed by atoms with Crippen molar-refractivity contribution in [2.75, 3.05) is 0 Å². The van der Waals surface area contributed by atoms with E-state index in [1.54, 1.807) is 19.9 Å². The van der Waals surface area contributed by atoms with Gasteiger partial charge in [-0.3, -0.25) is 4.79 Å². The van der Waals surface area contributed by atoms with E-state index in [4.69, 9.17) is 0 Å². The second-order valence-electron chi connectivity index (χ2n) is 4.25. The minimum Gasteiger partial charge on any atom is -0.284 e. The number of ketones is 1. The zero-order valence-corrected chi connectivity index (χ0v) is 10.3. The number of carbonyl (C=O) groups excluding carboxylic acids is 1. The molecule has 0 saturated heterocycles. The number of aromatic nitrogens is 2. The van der Waals surface area contributed by atoms with Gasteiger partial charge in [0.15, 0.2) is 0 Å². The van der Waals surface area contributed by atoms with E-state index < -0.39 is 17.5 Å². The fourth-order valence-electron chi connectivity index (χ4n) is 1.73. The molecular weight excluding hydrogens is 257 g/mol. The summed E-state index contributed by atoms with van der Waals surface area (Å²) in [5.41, 5.74) is 1.14. The molecule has 0 aliphatic heterocycles. The highest BCUT2D eigenvalue weighted by Gasteiger charge is 2.40. The first-order valence-electron chi connectivity index (χ1n) is 5.54. The minimum atomic E-state index is -4.90. The van der Waals surface area contributed by atoms with Crippen molar-refractivity contribution in [3.63, 3.8) is 0 Å². The number of aryl methyl sites for hydroxylation is 2. The van der Waals surface area contributed by atoms with Gasteiger partial charge >= 0.3 is 6.18 Å². The summed E-state index contributed by atoms with van der Waals surface area (Å²) >= 11 is 0. The number of hydrogen-bond acceptors (Lipinski definition) is 2. The number of halogens is 3. The lowest BCUT2D eigenvalue weighted by molar-refractivity contribution is -0.0885. The molecule has 1 aromatic carbocycles. The molecule has 1 aromatic heterocycles. The molecule has 0 aliphatic rings. The molecule has 0 radical (unpaired) electrons. The maximum absolute atomic E-state index is 12.6. The van der Waals surface area contributed by atoms with Crippen LogP contribution < -0.4 is 0 Å². The van der Waals surface area contributed by atoms with Gasteiger partial charge in [0.05, 0.1) is 16.9 Å². The quantitative estimate of drug-likeness (QED) is 0.784. The summed E-state index contributed by atoms with van der Waals surface area (Å²) in [4.78, 5) is 11.4. The van der Waals surface area contributed by atoms with Gasteiger partial charge in [-0.05, 0) is 37.6 Å². The second-order valence-corrected chi connectivity index (χ2v) is 4.25. The zero-order chi connectivity index (χ0) is 14.2. The van der Waals surface area contributed by atoms with Crippen LogP contribution in [-0.2, 0) is 0 Å². The third-order valence-electron chi connectivity index (χ3n) is 2.62. The predicted octanol–water partition coefficient (Wildman–Crippen LogP) is 3.23. The van der Waals surface area contributed by atoms with Gasteiger partial charge in [-0.15, -0.1) is 0 Å². The van der Waals surface area contributed by atoms with Crippen LogP contribution in [0.3, 0.4) is 0 Å². The highest BCUT2D eigenvalue weighted by atomic mass is 19.4. The molecule has 2 aromatic rings. The third kappa shape index (κ3) is 2.67. The lowest BCUT2D eigenvalue weighted by atomic mass is 10.1. The molecule has 0 spiro atoms. The summed E-state index contributed by atoms with van der Waals surface area (Å²) in [6.45, 7) is 3.46. The molecule has 1 heterocycles. The maximum atomic E-state index is 12.6. The fraction of sp³-hybridized carbons (Fsp3) is 0.231. The van der Waals surface area contributed by atoms with Crippen molar-refractivity contribution < 1.29 is 18.0 Å². The topological polar surface area (TPSA) is 34.9 Å². The summed E-state index contributed by atoms with van der Waals surface area (Å²) in [5.74, 6) is -1.87. The van der Waals surface area contributed by atoms with Crippen LogP contribution in [0.2, 0.25) is 0 Å². The maximum Gasteiger partial charge on any atom is 0.454 e. The van der Waals surface area contributed by atoms with Gasteiger partial charge in [-0.2, -0.15) is 18.3 Å². The highest BCUT2D eigenvalue weighted by Crippen LogP contribution is 2.26. The van der Waals surface area contributed by atoms with Gasteiger partial charge in [0.25, 0.3) is 5.78 Å². The Labute approximate surface area is 107 Å². The van der Waals surface area contributed by atoms with E-state index in [2.05, 4.69) is 5.10 Å². The van der Waals surface area contributed by atoms with Gasteiger partial charge < -0.3 is 0 Å². The van der Waals surface area contributed by atoms with E-state index >= 15 is 0 Å². The van der Waals surface area contributed by atoms with Crippen LogP contribution in [0.5, 0.6) is 0 Å². The van der Waals surface area contributed by atoms with Crippen LogP contribution in [-0.4, -0.2) is 21.7 Å². The van der Waals surface area contributed by atoms with E-state index in [9.17, 15) is 18.0 Å². The van der Waals surface area contributed by atoms with Crippen molar-refractivity contribution >= 4 is 5.78 Å². The number of carbonyl (C=O) groups is 1. The van der Waals surface area contributed by atoms with E-state index in [0.29, 0.717) is 5.69 Å². The number of alkyl halides is 3. The number of benzene rings is 1. The van der Waals surface area contributed by atoms with Crippen molar-refractivity contribution in [1.29, 1.82) is 0 Å². The van der Waals surface area contributed by atoms with E-state index in [1.807, 2.05) is 0 Å². The summed E-state index contributed by atoms with van der Waals surface area (Å²) < 4.78 is 39.0. The fourth-order valence-corrected chi connectivity index (χ4v) is 1.73. The number of hydrogen-bond donors (Lipinski definition) is 0. The molecule has 0 bridgehead atoms. The molecule has 0 saturated carbocycles. The average molecular weight is 268 g/mol. The molecule has 0 unspecified atom stereocenters. The molecule has 0 atom stereocenters. The average Bonchev–Trinajstić information content (AvgIpc) is 2.73. The number of Topliss-reactive ketones (excluding diaryl/α,β-unsaturated/α-hetero) is 1. The minimum absolute atomic E-state index is 0.135. The Hall–Kier alpha value is -2.11. The van der Waals surface area contributed by atoms with Crippen molar-refractivity contribution in [3.8, 4) is 5.69 Å². The summed E-state index contributed by atoms with van der Waals surface area (Å²) in [6, 6.07) is 5.81. The Morgan fingerprint density at radius 2 is 1.89 bits per heavy atom. The van der Waals surface area contributed by atoms with Gasteiger partial charge in [0.1, 0.15) is 0 Å². The standard InChI is InChI=1S/C13H11F3N2O/c1-8-3-4-10(12(19)13(14,15)16)11(7-8)18-6-5-9(2)17-18/h3-7H,1-2H3. The highest BCUT2D eigenvalue weighted by molar-refractivity contribution is 6.03. The largest absolute Gasteiger partial charge is 0.454 e. The van der Waals surface area contributed by atoms with Gasteiger partial charge in [-0.25, -0.2) is 4.68 Å².